The summed E-state index contributed by atoms with van der Waals surface area (Å²) in [6.07, 6.45) is 3.08. The maximum absolute atomic E-state index is 12.4. The molecule has 0 spiro atoms. The van der Waals surface area contributed by atoms with Crippen molar-refractivity contribution in [2.45, 2.75) is 0 Å². The molecule has 0 bridgehead atoms. The van der Waals surface area contributed by atoms with Gasteiger partial charge >= 0.3 is 0 Å². The predicted molar refractivity (Wildman–Crippen MR) is 111 cm³/mol. The molecule has 2 aromatic carbocycles. The van der Waals surface area contributed by atoms with E-state index in [9.17, 15) is 19.8 Å². The lowest BCUT2D eigenvalue weighted by molar-refractivity contribution is 0.0925. The largest absolute Gasteiger partial charge is 0.505 e. The highest BCUT2D eigenvalue weighted by Crippen LogP contribution is 2.27. The van der Waals surface area contributed by atoms with Crippen LogP contribution in [0, 0.1) is 0 Å². The van der Waals surface area contributed by atoms with E-state index in [1.165, 1.54) is 24.5 Å². The predicted octanol–water partition coefficient (Wildman–Crippen LogP) is 2.35. The van der Waals surface area contributed by atoms with E-state index in [0.29, 0.717) is 11.0 Å². The van der Waals surface area contributed by atoms with Gasteiger partial charge in [-0.25, -0.2) is 0 Å². The molecule has 4 aromatic rings. The van der Waals surface area contributed by atoms with Gasteiger partial charge in [0.2, 0.25) is 0 Å². The summed E-state index contributed by atoms with van der Waals surface area (Å²) in [5.74, 6) is -1.34. The van der Waals surface area contributed by atoms with Gasteiger partial charge in [0.15, 0.2) is 11.5 Å². The summed E-state index contributed by atoms with van der Waals surface area (Å²) in [4.78, 5) is 32.9. The lowest BCUT2D eigenvalue weighted by atomic mass is 10.1. The highest BCUT2D eigenvalue weighted by atomic mass is 16.3. The van der Waals surface area contributed by atoms with Crippen molar-refractivity contribution in [1.29, 1.82) is 0 Å². The van der Waals surface area contributed by atoms with E-state index in [0.717, 1.165) is 10.8 Å². The van der Waals surface area contributed by atoms with E-state index in [4.69, 9.17) is 0 Å². The van der Waals surface area contributed by atoms with Gasteiger partial charge in [-0.15, -0.1) is 0 Å². The van der Waals surface area contributed by atoms with Crippen molar-refractivity contribution in [3.63, 3.8) is 0 Å². The molecule has 0 saturated heterocycles. The number of fused-ring (bicyclic) bond motifs is 2. The maximum atomic E-state index is 12.4. The third kappa shape index (κ3) is 3.58. The average molecular weight is 402 g/mol. The smallest absolute Gasteiger partial charge is 0.255 e. The fourth-order valence-electron chi connectivity index (χ4n) is 3.17. The number of aromatic nitrogens is 2. The summed E-state index contributed by atoms with van der Waals surface area (Å²) >= 11 is 0. The number of hydrogen-bond donors (Lipinski definition) is 4. The highest BCUT2D eigenvalue weighted by molar-refractivity contribution is 6.03. The Labute approximate surface area is 171 Å². The van der Waals surface area contributed by atoms with Crippen LogP contribution in [0.4, 0.5) is 0 Å². The number of nitrogens with one attached hydrogen (secondary N) is 2. The number of amides is 2. The van der Waals surface area contributed by atoms with E-state index >= 15 is 0 Å². The summed E-state index contributed by atoms with van der Waals surface area (Å²) in [6, 6.07) is 13.5. The Bertz CT molecular complexity index is 1170. The number of phenolic OH excluding ortho intramolecular Hbond substituents is 2. The zero-order valence-electron chi connectivity index (χ0n) is 15.8. The Morgan fingerprint density at radius 1 is 0.700 bits per heavy atom. The van der Waals surface area contributed by atoms with Gasteiger partial charge in [0.1, 0.15) is 11.0 Å². The first-order valence-electron chi connectivity index (χ1n) is 9.26. The average Bonchev–Trinajstić information content (AvgIpc) is 2.77. The van der Waals surface area contributed by atoms with Crippen molar-refractivity contribution >= 4 is 33.6 Å². The molecular formula is C22H18N4O4. The fourth-order valence-corrected chi connectivity index (χ4v) is 3.17. The third-order valence-corrected chi connectivity index (χ3v) is 4.68. The molecule has 2 amide bonds. The number of nitrogens with zero attached hydrogens (tertiary/aromatic N) is 2. The number of hydrogen-bond acceptors (Lipinski definition) is 6. The van der Waals surface area contributed by atoms with Crippen LogP contribution in [0.1, 0.15) is 20.7 Å². The summed E-state index contributed by atoms with van der Waals surface area (Å²) < 4.78 is 0. The SMILES string of the molecule is O=C(NCCNC(=O)c1ccc2cccnc2c1O)c1ccc2cccnc2c1O. The van der Waals surface area contributed by atoms with Crippen molar-refractivity contribution in [2.75, 3.05) is 13.1 Å². The lowest BCUT2D eigenvalue weighted by Crippen LogP contribution is -2.34. The van der Waals surface area contributed by atoms with Crippen molar-refractivity contribution in [1.82, 2.24) is 20.6 Å². The van der Waals surface area contributed by atoms with E-state index in [1.54, 1.807) is 36.4 Å². The third-order valence-electron chi connectivity index (χ3n) is 4.68. The quantitative estimate of drug-likeness (QED) is 0.380. The van der Waals surface area contributed by atoms with Crippen LogP contribution in [0.15, 0.2) is 60.9 Å². The molecule has 0 fully saturated rings. The van der Waals surface area contributed by atoms with Crippen LogP contribution in [0.2, 0.25) is 0 Å². The van der Waals surface area contributed by atoms with Crippen LogP contribution in [-0.2, 0) is 0 Å². The first kappa shape index (κ1) is 19.1. The number of rotatable bonds is 5. The first-order chi connectivity index (χ1) is 14.6. The lowest BCUT2D eigenvalue weighted by Gasteiger charge is -2.10. The Kier molecular flexibility index (Phi) is 5.13. The number of phenols is 2. The normalized spacial score (nSPS) is 10.8. The van der Waals surface area contributed by atoms with E-state index < -0.39 is 11.8 Å². The van der Waals surface area contributed by atoms with Gasteiger partial charge in [-0.05, 0) is 24.3 Å². The second-order valence-corrected chi connectivity index (χ2v) is 6.59. The Morgan fingerprint density at radius 2 is 1.13 bits per heavy atom. The van der Waals surface area contributed by atoms with Crippen molar-refractivity contribution in [3.05, 3.63) is 72.1 Å². The molecule has 0 unspecified atom stereocenters. The molecule has 8 heteroatoms. The Hall–Kier alpha value is -4.20. The molecule has 2 heterocycles. The fraction of sp³-hybridized carbons (Fsp3) is 0.0909. The minimum atomic E-state index is -0.480. The molecule has 0 aliphatic heterocycles. The molecule has 30 heavy (non-hydrogen) atoms. The molecule has 8 nitrogen and oxygen atoms in total. The van der Waals surface area contributed by atoms with E-state index in [1.807, 2.05) is 0 Å². The molecule has 0 saturated carbocycles. The number of carbonyl (C=O) groups is 2. The van der Waals surface area contributed by atoms with Gasteiger partial charge < -0.3 is 20.8 Å². The minimum absolute atomic E-state index is 0.103. The van der Waals surface area contributed by atoms with Gasteiger partial charge in [0.05, 0.1) is 11.1 Å². The summed E-state index contributed by atoms with van der Waals surface area (Å²) in [5.41, 5.74) is 0.897. The van der Waals surface area contributed by atoms with Crippen LogP contribution in [0.25, 0.3) is 21.8 Å². The molecule has 4 N–H and O–H groups in total. The standard InChI is InChI=1S/C22H18N4O4/c27-19-15(7-5-13-3-1-9-23-17(13)19)21(29)25-11-12-26-22(30)16-8-6-14-4-2-10-24-18(14)20(16)28/h1-10,27-28H,11-12H2,(H,25,29)(H,26,30). The van der Waals surface area contributed by atoms with Crippen molar-refractivity contribution in [2.24, 2.45) is 0 Å². The monoisotopic (exact) mass is 402 g/mol. The molecule has 150 valence electrons. The minimum Gasteiger partial charge on any atom is -0.505 e. The first-order valence-corrected chi connectivity index (χ1v) is 9.26. The van der Waals surface area contributed by atoms with E-state index in [-0.39, 0.29) is 35.7 Å². The van der Waals surface area contributed by atoms with Gasteiger partial charge in [-0.2, -0.15) is 0 Å². The number of carbonyl (C=O) groups excluding carboxylic acids is 2. The summed E-state index contributed by atoms with van der Waals surface area (Å²) in [5, 5.41) is 27.3. The topological polar surface area (TPSA) is 124 Å². The van der Waals surface area contributed by atoms with Crippen LogP contribution in [0.3, 0.4) is 0 Å². The molecule has 0 atom stereocenters. The highest BCUT2D eigenvalue weighted by Gasteiger charge is 2.16. The van der Waals surface area contributed by atoms with Gasteiger partial charge in [-0.3, -0.25) is 19.6 Å². The summed E-state index contributed by atoms with van der Waals surface area (Å²) in [6.45, 7) is 0.272. The van der Waals surface area contributed by atoms with Gasteiger partial charge in [0.25, 0.3) is 11.8 Å². The Balaban J connectivity index is 1.37. The molecule has 0 radical (unpaired) electrons. The number of benzene rings is 2. The van der Waals surface area contributed by atoms with Gasteiger partial charge in [-0.1, -0.05) is 24.3 Å². The van der Waals surface area contributed by atoms with Gasteiger partial charge in [0, 0.05) is 36.3 Å². The van der Waals surface area contributed by atoms with Crippen LogP contribution in [0.5, 0.6) is 11.5 Å². The van der Waals surface area contributed by atoms with Crippen LogP contribution in [-0.4, -0.2) is 45.1 Å². The van der Waals surface area contributed by atoms with Crippen LogP contribution >= 0.6 is 0 Å². The molecular weight excluding hydrogens is 384 g/mol. The number of aromatic hydroxyl groups is 2. The second-order valence-electron chi connectivity index (χ2n) is 6.59. The zero-order valence-corrected chi connectivity index (χ0v) is 15.8. The second kappa shape index (κ2) is 8.04. The van der Waals surface area contributed by atoms with Crippen molar-refractivity contribution in [3.8, 4) is 11.5 Å². The van der Waals surface area contributed by atoms with E-state index in [2.05, 4.69) is 20.6 Å². The summed E-state index contributed by atoms with van der Waals surface area (Å²) in [7, 11) is 0. The zero-order chi connectivity index (χ0) is 21.1. The molecule has 4 rings (SSSR count). The maximum Gasteiger partial charge on any atom is 0.255 e. The van der Waals surface area contributed by atoms with Crippen molar-refractivity contribution < 1.29 is 19.8 Å². The molecule has 0 aliphatic rings. The molecule has 2 aromatic heterocycles. The van der Waals surface area contributed by atoms with Crippen LogP contribution < -0.4 is 10.6 Å². The molecule has 0 aliphatic carbocycles. The Morgan fingerprint density at radius 3 is 1.57 bits per heavy atom. The number of pyridine rings is 2.